The minimum atomic E-state index is 1.02. The summed E-state index contributed by atoms with van der Waals surface area (Å²) in [7, 11) is 4.34. The van der Waals surface area contributed by atoms with Gasteiger partial charge in [-0.25, -0.2) is 0 Å². The normalized spacial score (nSPS) is 44.1. The summed E-state index contributed by atoms with van der Waals surface area (Å²) in [4.78, 5) is 2.31. The molecule has 1 heterocycles. The van der Waals surface area contributed by atoms with E-state index in [1.807, 2.05) is 0 Å². The van der Waals surface area contributed by atoms with Gasteiger partial charge in [0.15, 0.2) is 0 Å². The molecule has 1 saturated heterocycles. The van der Waals surface area contributed by atoms with Crippen molar-refractivity contribution in [1.29, 1.82) is 0 Å². The molecule has 2 heteroatoms. The third kappa shape index (κ3) is 0.956. The van der Waals surface area contributed by atoms with E-state index < -0.39 is 0 Å². The Bertz CT molecular complexity index is 123. The largest absolute Gasteiger partial charge is 0.316 e. The van der Waals surface area contributed by atoms with Gasteiger partial charge >= 0.3 is 0 Å². The Balaban J connectivity index is 1.79. The fourth-order valence-corrected chi connectivity index (χ4v) is 2.24. The topological polar surface area (TPSA) is 15.3 Å². The van der Waals surface area contributed by atoms with E-state index in [1.165, 1.54) is 19.6 Å². The highest BCUT2D eigenvalue weighted by Gasteiger charge is 2.52. The van der Waals surface area contributed by atoms with E-state index in [1.54, 1.807) is 0 Å². The summed E-state index contributed by atoms with van der Waals surface area (Å²) in [6.45, 7) is 3.86. The molecule has 0 aromatic rings. The van der Waals surface area contributed by atoms with E-state index >= 15 is 0 Å². The lowest BCUT2D eigenvalue weighted by Crippen LogP contribution is -2.22. The molecule has 0 aromatic carbocycles. The number of hydrogen-bond donors (Lipinski definition) is 1. The molecule has 1 aliphatic heterocycles. The van der Waals surface area contributed by atoms with Crippen LogP contribution in [0.15, 0.2) is 0 Å². The molecular weight excluding hydrogens is 124 g/mol. The Morgan fingerprint density at radius 2 is 1.90 bits per heavy atom. The third-order valence-electron chi connectivity index (χ3n) is 2.84. The maximum absolute atomic E-state index is 3.41. The van der Waals surface area contributed by atoms with Crippen molar-refractivity contribution in [2.45, 2.75) is 0 Å². The van der Waals surface area contributed by atoms with Gasteiger partial charge in [-0.15, -0.1) is 0 Å². The quantitative estimate of drug-likeness (QED) is 0.581. The van der Waals surface area contributed by atoms with Gasteiger partial charge in [-0.1, -0.05) is 0 Å². The molecule has 0 radical (unpaired) electrons. The molecule has 0 aromatic heterocycles. The summed E-state index contributed by atoms with van der Waals surface area (Å²) in [5, 5.41) is 3.41. The highest BCUT2D eigenvalue weighted by molar-refractivity contribution is 5.04. The lowest BCUT2D eigenvalue weighted by molar-refractivity contribution is 0.362. The monoisotopic (exact) mass is 140 g/mol. The van der Waals surface area contributed by atoms with Crippen LogP contribution in [0.5, 0.6) is 0 Å². The minimum absolute atomic E-state index is 1.02. The van der Waals surface area contributed by atoms with Crippen molar-refractivity contribution in [2.24, 2.45) is 17.8 Å². The van der Waals surface area contributed by atoms with Crippen molar-refractivity contribution < 1.29 is 0 Å². The van der Waals surface area contributed by atoms with Crippen LogP contribution in [0.25, 0.3) is 0 Å². The van der Waals surface area contributed by atoms with Gasteiger partial charge in [-0.05, 0) is 44.9 Å². The average molecular weight is 140 g/mol. The van der Waals surface area contributed by atoms with E-state index in [2.05, 4.69) is 24.3 Å². The highest BCUT2D eigenvalue weighted by Crippen LogP contribution is 2.48. The molecule has 2 aliphatic rings. The van der Waals surface area contributed by atoms with Gasteiger partial charge in [0.1, 0.15) is 0 Å². The summed E-state index contributed by atoms with van der Waals surface area (Å²) >= 11 is 0. The first-order chi connectivity index (χ1) is 4.79. The van der Waals surface area contributed by atoms with Crippen molar-refractivity contribution in [1.82, 2.24) is 10.2 Å². The fraction of sp³-hybridized carbons (Fsp3) is 1.00. The van der Waals surface area contributed by atoms with Crippen LogP contribution in [0, 0.1) is 17.8 Å². The SMILES string of the molecule is CN(C)CC1C2CNCC21. The Morgan fingerprint density at radius 3 is 2.40 bits per heavy atom. The van der Waals surface area contributed by atoms with Gasteiger partial charge in [-0.2, -0.15) is 0 Å². The number of fused-ring (bicyclic) bond motifs is 1. The van der Waals surface area contributed by atoms with Crippen LogP contribution in [0.1, 0.15) is 0 Å². The molecule has 58 valence electrons. The number of piperidine rings is 1. The maximum Gasteiger partial charge on any atom is 0.00100 e. The lowest BCUT2D eigenvalue weighted by atomic mass is 10.3. The van der Waals surface area contributed by atoms with E-state index in [9.17, 15) is 0 Å². The van der Waals surface area contributed by atoms with Crippen LogP contribution in [-0.2, 0) is 0 Å². The lowest BCUT2D eigenvalue weighted by Gasteiger charge is -2.10. The molecule has 1 aliphatic carbocycles. The average Bonchev–Trinajstić information content (AvgIpc) is 2.40. The van der Waals surface area contributed by atoms with Gasteiger partial charge < -0.3 is 10.2 Å². The van der Waals surface area contributed by atoms with Gasteiger partial charge in [0, 0.05) is 6.54 Å². The molecule has 2 nitrogen and oxygen atoms in total. The summed E-state index contributed by atoms with van der Waals surface area (Å²) in [5.41, 5.74) is 0. The molecule has 1 saturated carbocycles. The Morgan fingerprint density at radius 1 is 1.30 bits per heavy atom. The summed E-state index contributed by atoms with van der Waals surface area (Å²) in [6, 6.07) is 0. The molecular formula is C8H16N2. The van der Waals surface area contributed by atoms with Crippen LogP contribution in [0.3, 0.4) is 0 Å². The third-order valence-corrected chi connectivity index (χ3v) is 2.84. The second kappa shape index (κ2) is 2.21. The molecule has 0 spiro atoms. The van der Waals surface area contributed by atoms with Crippen LogP contribution >= 0.6 is 0 Å². The van der Waals surface area contributed by atoms with E-state index in [0.717, 1.165) is 17.8 Å². The summed E-state index contributed by atoms with van der Waals surface area (Å²) in [5.74, 6) is 3.08. The minimum Gasteiger partial charge on any atom is -0.316 e. The van der Waals surface area contributed by atoms with Crippen LogP contribution in [-0.4, -0.2) is 38.6 Å². The van der Waals surface area contributed by atoms with Crippen LogP contribution < -0.4 is 5.32 Å². The Kier molecular flexibility index (Phi) is 1.46. The zero-order valence-electron chi connectivity index (χ0n) is 6.80. The molecule has 0 amide bonds. The number of nitrogens with one attached hydrogen (secondary N) is 1. The Labute approximate surface area is 62.6 Å². The van der Waals surface area contributed by atoms with Gasteiger partial charge in [0.2, 0.25) is 0 Å². The molecule has 2 rings (SSSR count). The van der Waals surface area contributed by atoms with Crippen LogP contribution in [0.2, 0.25) is 0 Å². The summed E-state index contributed by atoms with van der Waals surface area (Å²) in [6.07, 6.45) is 0. The van der Waals surface area contributed by atoms with E-state index in [0.29, 0.717) is 0 Å². The zero-order valence-corrected chi connectivity index (χ0v) is 6.80. The highest BCUT2D eigenvalue weighted by atomic mass is 15.1. The molecule has 2 fully saturated rings. The predicted molar refractivity (Wildman–Crippen MR) is 41.9 cm³/mol. The fourth-order valence-electron chi connectivity index (χ4n) is 2.24. The van der Waals surface area contributed by atoms with Crippen molar-refractivity contribution in [3.63, 3.8) is 0 Å². The van der Waals surface area contributed by atoms with Crippen molar-refractivity contribution in [3.8, 4) is 0 Å². The van der Waals surface area contributed by atoms with Crippen LogP contribution in [0.4, 0.5) is 0 Å². The first-order valence-electron chi connectivity index (χ1n) is 4.14. The predicted octanol–water partition coefficient (Wildman–Crippen LogP) is 0.0134. The second-order valence-corrected chi connectivity index (χ2v) is 3.91. The molecule has 0 bridgehead atoms. The van der Waals surface area contributed by atoms with Crippen molar-refractivity contribution in [2.75, 3.05) is 33.7 Å². The smallest absolute Gasteiger partial charge is 0.00100 e. The zero-order chi connectivity index (χ0) is 7.14. The number of hydrogen-bond acceptors (Lipinski definition) is 2. The van der Waals surface area contributed by atoms with Gasteiger partial charge in [0.05, 0.1) is 0 Å². The molecule has 2 atom stereocenters. The molecule has 10 heavy (non-hydrogen) atoms. The van der Waals surface area contributed by atoms with E-state index in [-0.39, 0.29) is 0 Å². The molecule has 2 unspecified atom stereocenters. The summed E-state index contributed by atoms with van der Waals surface area (Å²) < 4.78 is 0. The van der Waals surface area contributed by atoms with E-state index in [4.69, 9.17) is 0 Å². The van der Waals surface area contributed by atoms with Gasteiger partial charge in [0.25, 0.3) is 0 Å². The van der Waals surface area contributed by atoms with Crippen molar-refractivity contribution in [3.05, 3.63) is 0 Å². The maximum atomic E-state index is 3.41. The number of rotatable bonds is 2. The first-order valence-corrected chi connectivity index (χ1v) is 4.14. The second-order valence-electron chi connectivity index (χ2n) is 3.91. The Hall–Kier alpha value is -0.0800. The van der Waals surface area contributed by atoms with Gasteiger partial charge in [-0.3, -0.25) is 0 Å². The first kappa shape index (κ1) is 6.62. The molecule has 1 N–H and O–H groups in total. The number of nitrogens with zero attached hydrogens (tertiary/aromatic N) is 1. The van der Waals surface area contributed by atoms with Crippen molar-refractivity contribution >= 4 is 0 Å². The standard InChI is InChI=1S/C8H16N2/c1-10(2)5-8-6-3-9-4-7(6)8/h6-9H,3-5H2,1-2H3.